The van der Waals surface area contributed by atoms with Gasteiger partial charge in [0.1, 0.15) is 23.5 Å². The first-order chi connectivity index (χ1) is 23.9. The number of likely N-dealkylation sites (tertiary alicyclic amines) is 2. The van der Waals surface area contributed by atoms with Crippen molar-refractivity contribution in [1.82, 2.24) is 33.9 Å². The lowest BCUT2D eigenvalue weighted by molar-refractivity contribution is -0.142. The Kier molecular flexibility index (Phi) is 9.35. The van der Waals surface area contributed by atoms with Crippen molar-refractivity contribution in [2.45, 2.75) is 63.5 Å². The van der Waals surface area contributed by atoms with Crippen molar-refractivity contribution in [3.05, 3.63) is 99.9 Å². The second-order valence-corrected chi connectivity index (χ2v) is 14.6. The molecule has 0 spiro atoms. The van der Waals surface area contributed by atoms with E-state index in [1.807, 2.05) is 54.5 Å². The number of carbonyl (C=O) groups excluding carboxylic acids is 1. The topological polar surface area (TPSA) is 109 Å². The van der Waals surface area contributed by atoms with Gasteiger partial charge in [-0.25, -0.2) is 9.97 Å². The normalized spacial score (nSPS) is 20.0. The summed E-state index contributed by atoms with van der Waals surface area (Å²) in [7, 11) is 0. The van der Waals surface area contributed by atoms with Crippen LogP contribution < -0.4 is 5.56 Å². The Labute approximate surface area is 290 Å². The summed E-state index contributed by atoms with van der Waals surface area (Å²) in [5.74, 6) is -0.155. The summed E-state index contributed by atoms with van der Waals surface area (Å²) in [6.45, 7) is 3.55. The van der Waals surface area contributed by atoms with Crippen LogP contribution in [0.1, 0.15) is 41.3 Å². The number of alkyl halides is 3. The third-order valence-corrected chi connectivity index (χ3v) is 10.9. The zero-order chi connectivity index (χ0) is 35.0. The molecule has 2 saturated heterocycles. The molecule has 262 valence electrons. The standard InChI is InChI=1S/C36H38F3N7O3S/c1-24-7-8-26(17-40-24)32-41-18-27(50-32)19-43-13-9-28(30(20-43)25-5-3-2-4-6-25)33(47)44-15-11-35(49,12-16-44)21-46-23-42-31-29(34(46)48)10-14-45(31)22-36(37,38)39/h2-8,10,14,17-18,23,28,30,49H,9,11-13,15-16,19-22H2,1H3/t28-,30+/m1/s1. The average Bonchev–Trinajstić information content (AvgIpc) is 3.73. The molecule has 1 amide bonds. The zero-order valence-corrected chi connectivity index (χ0v) is 28.4. The van der Waals surface area contributed by atoms with Crippen molar-refractivity contribution in [2.75, 3.05) is 26.2 Å². The second-order valence-electron chi connectivity index (χ2n) is 13.5. The summed E-state index contributed by atoms with van der Waals surface area (Å²) in [4.78, 5) is 45.8. The van der Waals surface area contributed by atoms with Crippen LogP contribution in [0.5, 0.6) is 0 Å². The Bertz CT molecular complexity index is 2020. The molecule has 6 heterocycles. The quantitative estimate of drug-likeness (QED) is 0.235. The highest BCUT2D eigenvalue weighted by Gasteiger charge is 2.41. The number of thiazole rings is 1. The van der Waals surface area contributed by atoms with Crippen molar-refractivity contribution in [1.29, 1.82) is 0 Å². The summed E-state index contributed by atoms with van der Waals surface area (Å²) in [5, 5.41) is 12.5. The summed E-state index contributed by atoms with van der Waals surface area (Å²) in [5.41, 5.74) is 1.24. The largest absolute Gasteiger partial charge is 0.406 e. The van der Waals surface area contributed by atoms with Crippen LogP contribution in [0.4, 0.5) is 13.2 Å². The van der Waals surface area contributed by atoms with E-state index in [0.717, 1.165) is 50.9 Å². The Morgan fingerprint density at radius 1 is 1.00 bits per heavy atom. The maximum absolute atomic E-state index is 14.1. The minimum absolute atomic E-state index is 0.00650. The van der Waals surface area contributed by atoms with Gasteiger partial charge in [-0.15, -0.1) is 11.3 Å². The Balaban J connectivity index is 1.00. The zero-order valence-electron chi connectivity index (χ0n) is 27.6. The molecule has 0 aliphatic carbocycles. The van der Waals surface area contributed by atoms with Gasteiger partial charge >= 0.3 is 6.18 Å². The van der Waals surface area contributed by atoms with Gasteiger partial charge in [-0.2, -0.15) is 13.2 Å². The van der Waals surface area contributed by atoms with E-state index in [9.17, 15) is 27.9 Å². The van der Waals surface area contributed by atoms with Gasteiger partial charge < -0.3 is 14.6 Å². The van der Waals surface area contributed by atoms with Gasteiger partial charge in [0.05, 0.1) is 17.5 Å². The van der Waals surface area contributed by atoms with Crippen molar-refractivity contribution >= 4 is 28.3 Å². The molecule has 0 unspecified atom stereocenters. The third kappa shape index (κ3) is 7.37. The van der Waals surface area contributed by atoms with E-state index in [1.54, 1.807) is 11.3 Å². The minimum atomic E-state index is -4.45. The molecule has 7 rings (SSSR count). The van der Waals surface area contributed by atoms with E-state index in [4.69, 9.17) is 0 Å². The molecular formula is C36H38F3N7O3S. The summed E-state index contributed by atoms with van der Waals surface area (Å²) in [6, 6.07) is 15.5. The molecule has 1 aromatic carbocycles. The van der Waals surface area contributed by atoms with E-state index in [-0.39, 0.29) is 48.2 Å². The maximum Gasteiger partial charge on any atom is 0.406 e. The van der Waals surface area contributed by atoms with Crippen molar-refractivity contribution in [3.8, 4) is 10.6 Å². The lowest BCUT2D eigenvalue weighted by Crippen LogP contribution is -2.53. The van der Waals surface area contributed by atoms with Crippen LogP contribution in [0.2, 0.25) is 0 Å². The van der Waals surface area contributed by atoms with Crippen LogP contribution in [0.15, 0.2) is 78.2 Å². The van der Waals surface area contributed by atoms with Gasteiger partial charge in [-0.3, -0.25) is 24.0 Å². The Morgan fingerprint density at radius 2 is 1.78 bits per heavy atom. The van der Waals surface area contributed by atoms with Crippen molar-refractivity contribution in [2.24, 2.45) is 5.92 Å². The number of carbonyl (C=O) groups is 1. The molecule has 2 aliphatic heterocycles. The Morgan fingerprint density at radius 3 is 2.50 bits per heavy atom. The smallest absolute Gasteiger partial charge is 0.388 e. The van der Waals surface area contributed by atoms with Crippen LogP contribution in [0.3, 0.4) is 0 Å². The van der Waals surface area contributed by atoms with Gasteiger partial charge in [0.15, 0.2) is 0 Å². The highest BCUT2D eigenvalue weighted by atomic mass is 32.1. The number of rotatable bonds is 8. The van der Waals surface area contributed by atoms with Crippen LogP contribution in [-0.2, 0) is 24.4 Å². The second kappa shape index (κ2) is 13.7. The van der Waals surface area contributed by atoms with E-state index >= 15 is 0 Å². The van der Waals surface area contributed by atoms with Crippen LogP contribution in [0.25, 0.3) is 21.6 Å². The molecule has 0 radical (unpaired) electrons. The first-order valence-corrected chi connectivity index (χ1v) is 17.5. The first-order valence-electron chi connectivity index (χ1n) is 16.7. The molecule has 0 saturated carbocycles. The number of piperidine rings is 2. The fourth-order valence-electron chi connectivity index (χ4n) is 7.22. The number of pyridine rings is 1. The molecule has 5 aromatic rings. The van der Waals surface area contributed by atoms with Gasteiger partial charge in [-0.05, 0) is 56.5 Å². The highest BCUT2D eigenvalue weighted by molar-refractivity contribution is 7.15. The molecule has 14 heteroatoms. The van der Waals surface area contributed by atoms with Crippen molar-refractivity contribution in [3.63, 3.8) is 0 Å². The molecule has 2 aliphatic rings. The number of benzene rings is 1. The predicted octanol–water partition coefficient (Wildman–Crippen LogP) is 5.25. The summed E-state index contributed by atoms with van der Waals surface area (Å²) < 4.78 is 41.0. The number of fused-ring (bicyclic) bond motifs is 1. The molecule has 2 fully saturated rings. The van der Waals surface area contributed by atoms with E-state index in [0.29, 0.717) is 19.5 Å². The number of amides is 1. The number of nitrogens with zero attached hydrogens (tertiary/aromatic N) is 7. The third-order valence-electron chi connectivity index (χ3n) is 9.90. The van der Waals surface area contributed by atoms with Crippen LogP contribution in [-0.4, -0.2) is 82.9 Å². The SMILES string of the molecule is Cc1ccc(-c2ncc(CN3CC[C@@H](C(=O)N4CCC(O)(Cn5cnc6c(ccn6CC(F)(F)F)c5=O)CC4)[C@H](c4ccccc4)C3)s2)cn1. The lowest BCUT2D eigenvalue weighted by Gasteiger charge is -2.43. The molecule has 0 bridgehead atoms. The number of aromatic nitrogens is 5. The molecule has 10 nitrogen and oxygen atoms in total. The molecule has 50 heavy (non-hydrogen) atoms. The lowest BCUT2D eigenvalue weighted by atomic mass is 9.79. The molecule has 2 atom stereocenters. The molecular weight excluding hydrogens is 668 g/mol. The summed E-state index contributed by atoms with van der Waals surface area (Å²) in [6.07, 6.45) is 2.93. The number of aliphatic hydroxyl groups is 1. The fourth-order valence-corrected chi connectivity index (χ4v) is 8.16. The van der Waals surface area contributed by atoms with Crippen LogP contribution in [0, 0.1) is 12.8 Å². The predicted molar refractivity (Wildman–Crippen MR) is 183 cm³/mol. The molecule has 1 N–H and O–H groups in total. The number of hydrogen-bond acceptors (Lipinski definition) is 8. The van der Waals surface area contributed by atoms with E-state index in [1.165, 1.54) is 23.2 Å². The van der Waals surface area contributed by atoms with E-state index in [2.05, 4.69) is 32.0 Å². The van der Waals surface area contributed by atoms with Gasteiger partial charge in [0.25, 0.3) is 5.56 Å². The average molecular weight is 706 g/mol. The van der Waals surface area contributed by atoms with E-state index < -0.39 is 23.9 Å². The molecule has 4 aromatic heterocycles. The van der Waals surface area contributed by atoms with Gasteiger partial charge in [0.2, 0.25) is 5.91 Å². The maximum atomic E-state index is 14.1. The Hall–Kier alpha value is -4.40. The van der Waals surface area contributed by atoms with Gasteiger partial charge in [0, 0.05) is 72.7 Å². The highest BCUT2D eigenvalue weighted by Crippen LogP contribution is 2.37. The number of hydrogen-bond donors (Lipinski definition) is 1. The summed E-state index contributed by atoms with van der Waals surface area (Å²) >= 11 is 1.66. The first kappa shape index (κ1) is 34.1. The van der Waals surface area contributed by atoms with Crippen LogP contribution >= 0.6 is 11.3 Å². The fraction of sp³-hybridized carbons (Fsp3) is 0.417. The minimum Gasteiger partial charge on any atom is -0.388 e. The van der Waals surface area contributed by atoms with Gasteiger partial charge in [-0.1, -0.05) is 30.3 Å². The number of halogens is 3. The monoisotopic (exact) mass is 705 g/mol. The number of aryl methyl sites for hydroxylation is 1. The van der Waals surface area contributed by atoms with Crippen molar-refractivity contribution < 1.29 is 23.1 Å².